The van der Waals surface area contributed by atoms with Crippen molar-refractivity contribution in [3.63, 3.8) is 0 Å². The normalized spacial score (nSPS) is 14.0. The van der Waals surface area contributed by atoms with Gasteiger partial charge in [-0.15, -0.1) is 0 Å². The highest BCUT2D eigenvalue weighted by Gasteiger charge is 2.21. The van der Waals surface area contributed by atoms with Crippen LogP contribution in [0.5, 0.6) is 11.5 Å². The number of benzene rings is 2. The first-order valence-corrected chi connectivity index (χ1v) is 7.50. The Morgan fingerprint density at radius 3 is 2.90 bits per heavy atom. The molecule has 21 heavy (non-hydrogen) atoms. The Labute approximate surface area is 131 Å². The van der Waals surface area contributed by atoms with E-state index in [2.05, 4.69) is 21.2 Å². The number of halogens is 1. The van der Waals surface area contributed by atoms with Crippen molar-refractivity contribution in [3.8, 4) is 11.5 Å². The molecule has 0 saturated heterocycles. The molecular weight excluding hydrogens is 334 g/mol. The van der Waals surface area contributed by atoms with E-state index in [0.29, 0.717) is 11.5 Å². The van der Waals surface area contributed by atoms with E-state index in [4.69, 9.17) is 9.47 Å². The molecule has 0 fully saturated rings. The highest BCUT2D eigenvalue weighted by Crippen LogP contribution is 2.41. The Kier molecular flexibility index (Phi) is 4.03. The second kappa shape index (κ2) is 5.95. The van der Waals surface area contributed by atoms with E-state index in [9.17, 15) is 5.11 Å². The summed E-state index contributed by atoms with van der Waals surface area (Å²) in [5, 5.41) is 13.0. The first-order chi connectivity index (χ1) is 10.2. The molecule has 0 bridgehead atoms. The molecule has 0 amide bonds. The lowest BCUT2D eigenvalue weighted by atomic mass is 10.1. The van der Waals surface area contributed by atoms with Crippen LogP contribution in [-0.4, -0.2) is 18.5 Å². The molecule has 5 heteroatoms. The van der Waals surface area contributed by atoms with Crippen LogP contribution in [-0.2, 0) is 0 Å². The molecule has 0 radical (unpaired) electrons. The standard InChI is InChI=1S/C16H16BrNO3/c1-10-3-2-4-12(5-10)18-14(8-19)11-6-13(17)16-15(7-11)20-9-21-16/h2-7,14,18-19H,8-9H2,1H3. The van der Waals surface area contributed by atoms with Gasteiger partial charge >= 0.3 is 0 Å². The summed E-state index contributed by atoms with van der Waals surface area (Å²) in [6.07, 6.45) is 0. The summed E-state index contributed by atoms with van der Waals surface area (Å²) in [7, 11) is 0. The fourth-order valence-electron chi connectivity index (χ4n) is 2.36. The molecule has 0 spiro atoms. The third-order valence-corrected chi connectivity index (χ3v) is 3.98. The highest BCUT2D eigenvalue weighted by molar-refractivity contribution is 9.10. The first-order valence-electron chi connectivity index (χ1n) is 6.70. The molecule has 0 aliphatic carbocycles. The number of hydrogen-bond donors (Lipinski definition) is 2. The Balaban J connectivity index is 1.88. The SMILES string of the molecule is Cc1cccc(NC(CO)c2cc(Br)c3c(c2)OCO3)c1. The van der Waals surface area contributed by atoms with Crippen molar-refractivity contribution in [2.45, 2.75) is 13.0 Å². The van der Waals surface area contributed by atoms with E-state index in [0.717, 1.165) is 15.7 Å². The van der Waals surface area contributed by atoms with E-state index < -0.39 is 0 Å². The number of ether oxygens (including phenoxy) is 2. The molecule has 3 rings (SSSR count). The fraction of sp³-hybridized carbons (Fsp3) is 0.250. The number of aliphatic hydroxyl groups is 1. The van der Waals surface area contributed by atoms with Crippen molar-refractivity contribution in [1.29, 1.82) is 0 Å². The fourth-order valence-corrected chi connectivity index (χ4v) is 2.93. The van der Waals surface area contributed by atoms with Gasteiger partial charge in [-0.05, 0) is 58.2 Å². The van der Waals surface area contributed by atoms with Gasteiger partial charge in [-0.3, -0.25) is 0 Å². The number of anilines is 1. The van der Waals surface area contributed by atoms with Crippen LogP contribution in [0, 0.1) is 6.92 Å². The molecule has 110 valence electrons. The highest BCUT2D eigenvalue weighted by atomic mass is 79.9. The molecule has 1 aliphatic rings. The minimum Gasteiger partial charge on any atom is -0.454 e. The van der Waals surface area contributed by atoms with Gasteiger partial charge < -0.3 is 19.9 Å². The number of hydrogen-bond acceptors (Lipinski definition) is 4. The van der Waals surface area contributed by atoms with Crippen molar-refractivity contribution in [2.24, 2.45) is 0 Å². The third kappa shape index (κ3) is 2.99. The largest absolute Gasteiger partial charge is 0.454 e. The lowest BCUT2D eigenvalue weighted by molar-refractivity contribution is 0.173. The molecule has 0 aromatic heterocycles. The second-order valence-corrected chi connectivity index (χ2v) is 5.84. The lowest BCUT2D eigenvalue weighted by Gasteiger charge is -2.19. The van der Waals surface area contributed by atoms with Crippen LogP contribution in [0.1, 0.15) is 17.2 Å². The van der Waals surface area contributed by atoms with E-state index in [1.807, 2.05) is 43.3 Å². The van der Waals surface area contributed by atoms with Crippen molar-refractivity contribution < 1.29 is 14.6 Å². The van der Waals surface area contributed by atoms with Crippen LogP contribution in [0.25, 0.3) is 0 Å². The molecule has 2 aromatic carbocycles. The maximum Gasteiger partial charge on any atom is 0.231 e. The van der Waals surface area contributed by atoms with Gasteiger partial charge in [-0.1, -0.05) is 12.1 Å². The molecule has 1 atom stereocenters. The van der Waals surface area contributed by atoms with Gasteiger partial charge in [0.25, 0.3) is 0 Å². The number of nitrogens with one attached hydrogen (secondary N) is 1. The van der Waals surface area contributed by atoms with Gasteiger partial charge in [0.2, 0.25) is 6.79 Å². The summed E-state index contributed by atoms with van der Waals surface area (Å²) in [6.45, 7) is 2.25. The first kappa shape index (κ1) is 14.2. The van der Waals surface area contributed by atoms with Gasteiger partial charge in [0, 0.05) is 5.69 Å². The lowest BCUT2D eigenvalue weighted by Crippen LogP contribution is -2.15. The monoisotopic (exact) mass is 349 g/mol. The van der Waals surface area contributed by atoms with Crippen molar-refractivity contribution in [1.82, 2.24) is 0 Å². The van der Waals surface area contributed by atoms with Crippen molar-refractivity contribution in [3.05, 3.63) is 52.0 Å². The van der Waals surface area contributed by atoms with Gasteiger partial charge in [0.05, 0.1) is 17.1 Å². The zero-order valence-corrected chi connectivity index (χ0v) is 13.2. The molecule has 2 aromatic rings. The quantitative estimate of drug-likeness (QED) is 0.884. The summed E-state index contributed by atoms with van der Waals surface area (Å²) in [4.78, 5) is 0. The third-order valence-electron chi connectivity index (χ3n) is 3.39. The maximum absolute atomic E-state index is 9.70. The Morgan fingerprint density at radius 1 is 1.29 bits per heavy atom. The number of aryl methyl sites for hydroxylation is 1. The van der Waals surface area contributed by atoms with Crippen LogP contribution in [0.3, 0.4) is 0 Å². The Hall–Kier alpha value is -1.72. The predicted molar refractivity (Wildman–Crippen MR) is 84.9 cm³/mol. The van der Waals surface area contributed by atoms with Gasteiger partial charge in [0.1, 0.15) is 0 Å². The zero-order valence-electron chi connectivity index (χ0n) is 11.6. The van der Waals surface area contributed by atoms with Gasteiger partial charge in [0.15, 0.2) is 11.5 Å². The van der Waals surface area contributed by atoms with Crippen LogP contribution in [0.4, 0.5) is 5.69 Å². The Morgan fingerprint density at radius 2 is 2.14 bits per heavy atom. The van der Waals surface area contributed by atoms with Crippen LogP contribution < -0.4 is 14.8 Å². The zero-order chi connectivity index (χ0) is 14.8. The van der Waals surface area contributed by atoms with E-state index in [1.165, 1.54) is 5.56 Å². The number of fused-ring (bicyclic) bond motifs is 1. The maximum atomic E-state index is 9.70. The average Bonchev–Trinajstić information content (AvgIpc) is 2.93. The minimum absolute atomic E-state index is 0.0139. The van der Waals surface area contributed by atoms with Crippen molar-refractivity contribution in [2.75, 3.05) is 18.7 Å². The predicted octanol–water partition coefficient (Wildman–Crippen LogP) is 3.63. The van der Waals surface area contributed by atoms with E-state index in [-0.39, 0.29) is 19.4 Å². The molecule has 2 N–H and O–H groups in total. The molecule has 1 unspecified atom stereocenters. The smallest absolute Gasteiger partial charge is 0.231 e. The van der Waals surface area contributed by atoms with Gasteiger partial charge in [-0.25, -0.2) is 0 Å². The number of aliphatic hydroxyl groups excluding tert-OH is 1. The summed E-state index contributed by atoms with van der Waals surface area (Å²) < 4.78 is 11.6. The summed E-state index contributed by atoms with van der Waals surface area (Å²) in [6, 6.07) is 11.7. The molecule has 0 saturated carbocycles. The summed E-state index contributed by atoms with van der Waals surface area (Å²) in [5.74, 6) is 1.41. The van der Waals surface area contributed by atoms with Crippen LogP contribution >= 0.6 is 15.9 Å². The minimum atomic E-state index is -0.211. The van der Waals surface area contributed by atoms with E-state index >= 15 is 0 Å². The van der Waals surface area contributed by atoms with E-state index in [1.54, 1.807) is 0 Å². The number of rotatable bonds is 4. The topological polar surface area (TPSA) is 50.7 Å². The molecular formula is C16H16BrNO3. The van der Waals surface area contributed by atoms with Gasteiger partial charge in [-0.2, -0.15) is 0 Å². The van der Waals surface area contributed by atoms with Crippen LogP contribution in [0.2, 0.25) is 0 Å². The second-order valence-electron chi connectivity index (χ2n) is 4.99. The molecule has 1 aliphatic heterocycles. The van der Waals surface area contributed by atoms with Crippen molar-refractivity contribution >= 4 is 21.6 Å². The molecule has 1 heterocycles. The summed E-state index contributed by atoms with van der Waals surface area (Å²) >= 11 is 3.48. The Bertz CT molecular complexity index is 660. The van der Waals surface area contributed by atoms with Crippen LogP contribution in [0.15, 0.2) is 40.9 Å². The summed E-state index contributed by atoms with van der Waals surface area (Å²) in [5.41, 5.74) is 3.08. The molecule has 4 nitrogen and oxygen atoms in total. The average molecular weight is 350 g/mol.